The molecule has 0 saturated carbocycles. The van der Waals surface area contributed by atoms with Gasteiger partial charge in [-0.15, -0.1) is 0 Å². The summed E-state index contributed by atoms with van der Waals surface area (Å²) >= 11 is 0. The van der Waals surface area contributed by atoms with Gasteiger partial charge in [0.1, 0.15) is 19.3 Å². The maximum Gasteiger partial charge on any atom is 0.472 e. The minimum Gasteiger partial charge on any atom is -0.462 e. The summed E-state index contributed by atoms with van der Waals surface area (Å²) in [6.45, 7) is 4.09. The molecule has 19 heteroatoms. The van der Waals surface area contributed by atoms with Gasteiger partial charge in [-0.05, 0) is 173 Å². The molecule has 0 aromatic carbocycles. The highest BCUT2D eigenvalue weighted by Crippen LogP contribution is 2.45. The van der Waals surface area contributed by atoms with Crippen LogP contribution in [0.3, 0.4) is 0 Å². The largest absolute Gasteiger partial charge is 0.472 e. The summed E-state index contributed by atoms with van der Waals surface area (Å²) in [5.74, 6) is -2.52. The molecular weight excluding hydrogens is 1430 g/mol. The number of esters is 4. The number of phosphoric acid groups is 2. The first-order chi connectivity index (χ1) is 53.7. The van der Waals surface area contributed by atoms with Crippen LogP contribution in [-0.4, -0.2) is 96.7 Å². The number of hydrogen-bond acceptors (Lipinski definition) is 15. The summed E-state index contributed by atoms with van der Waals surface area (Å²) in [6, 6.07) is 0. The van der Waals surface area contributed by atoms with Crippen LogP contribution in [0.5, 0.6) is 0 Å². The molecular formula is C91H138O17P2. The van der Waals surface area contributed by atoms with E-state index in [1.807, 2.05) is 30.4 Å². The van der Waals surface area contributed by atoms with Crippen molar-refractivity contribution in [1.82, 2.24) is 0 Å². The number of aliphatic hydroxyl groups excluding tert-OH is 1. The van der Waals surface area contributed by atoms with E-state index in [0.717, 1.165) is 161 Å². The Morgan fingerprint density at radius 1 is 0.264 bits per heavy atom. The molecule has 0 rings (SSSR count). The van der Waals surface area contributed by atoms with Crippen molar-refractivity contribution in [2.45, 2.75) is 264 Å². The molecule has 0 saturated heterocycles. The number of rotatable bonds is 72. The van der Waals surface area contributed by atoms with E-state index in [1.165, 1.54) is 0 Å². The third-order valence-corrected chi connectivity index (χ3v) is 17.2. The topological polar surface area (TPSA) is 237 Å². The Morgan fingerprint density at radius 2 is 0.500 bits per heavy atom. The van der Waals surface area contributed by atoms with Gasteiger partial charge in [-0.1, -0.05) is 290 Å². The number of carbonyl (C=O) groups excluding carboxylic acids is 4. The number of ether oxygens (including phenoxy) is 4. The molecule has 5 atom stereocenters. The average Bonchev–Trinajstić information content (AvgIpc) is 0.900. The summed E-state index contributed by atoms with van der Waals surface area (Å²) in [7, 11) is -10.1. The van der Waals surface area contributed by atoms with Gasteiger partial charge in [-0.2, -0.15) is 0 Å². The molecule has 0 aliphatic rings. The van der Waals surface area contributed by atoms with Gasteiger partial charge in [0.15, 0.2) is 12.2 Å². The van der Waals surface area contributed by atoms with E-state index in [1.54, 1.807) is 12.2 Å². The first-order valence-electron chi connectivity index (χ1n) is 40.3. The standard InChI is InChI=1S/C91H138O17P2/c1-5-9-13-17-21-25-29-33-37-40-42-45-49-52-56-60-64-68-72-76-89(94)102-82-87(108-91(96)78-74-70-66-62-58-54-50-46-43-41-38-34-30-26-22-18-14-10-6-2)84-106-110(99,100)104-80-85(92)79-103-109(97,98)105-83-86(107-90(95)77-73-69-65-61-57-53-47-36-32-28-24-20-16-12-8-4)81-101-88(93)75-71-67-63-59-55-51-48-44-39-35-31-27-23-19-15-11-7-3/h9-16,21-28,33-39,42-43,45-48,51-52,54,56-58,61,64,68-69,73,85-87,92H,5-8,17-20,29-32,40-41,44,49-50,53,55,59-60,62-63,65-67,70-72,74-84H2,1-4H3,(H,97,98)(H,99,100)/b13-9-,14-10-,15-11-,16-12-,25-21-,26-22-,27-23-,28-24-,37-33-,38-34-,39-35-,45-42-,46-43-,47-36-,51-48-,56-52-,58-54-,61-57-,68-64-,73-69-. The Balaban J connectivity index is 5.60. The number of hydrogen-bond donors (Lipinski definition) is 3. The Bertz CT molecular complexity index is 3050. The van der Waals surface area contributed by atoms with Crippen molar-refractivity contribution in [2.24, 2.45) is 0 Å². The van der Waals surface area contributed by atoms with Crippen molar-refractivity contribution < 1.29 is 80.2 Å². The van der Waals surface area contributed by atoms with Gasteiger partial charge in [-0.3, -0.25) is 37.3 Å². The Hall–Kier alpha value is -7.14. The lowest BCUT2D eigenvalue weighted by Crippen LogP contribution is -2.30. The molecule has 0 heterocycles. The quantitative estimate of drug-likeness (QED) is 0.0169. The minimum atomic E-state index is -5.03. The van der Waals surface area contributed by atoms with Gasteiger partial charge < -0.3 is 33.8 Å². The summed E-state index contributed by atoms with van der Waals surface area (Å²) < 4.78 is 68.4. The first kappa shape index (κ1) is 103. The highest BCUT2D eigenvalue weighted by atomic mass is 31.2. The van der Waals surface area contributed by atoms with E-state index < -0.39 is 97.5 Å². The summed E-state index contributed by atoms with van der Waals surface area (Å²) in [4.78, 5) is 73.0. The van der Waals surface area contributed by atoms with Gasteiger partial charge in [-0.25, -0.2) is 9.13 Å². The molecule has 0 bridgehead atoms. The van der Waals surface area contributed by atoms with Crippen molar-refractivity contribution in [1.29, 1.82) is 0 Å². The lowest BCUT2D eigenvalue weighted by atomic mass is 10.1. The molecule has 3 N–H and O–H groups in total. The third kappa shape index (κ3) is 79.0. The minimum absolute atomic E-state index is 0.0143. The molecule has 110 heavy (non-hydrogen) atoms. The zero-order valence-electron chi connectivity index (χ0n) is 67.1. The van der Waals surface area contributed by atoms with Gasteiger partial charge in [0, 0.05) is 19.3 Å². The normalized spacial score (nSPS) is 15.1. The maximum atomic E-state index is 13.1. The average molecular weight is 1570 g/mol. The highest BCUT2D eigenvalue weighted by Gasteiger charge is 2.30. The number of allylic oxidation sites excluding steroid dienone is 39. The lowest BCUT2D eigenvalue weighted by molar-refractivity contribution is -0.161. The Labute approximate surface area is 663 Å². The summed E-state index contributed by atoms with van der Waals surface area (Å²) in [5.41, 5.74) is 0. The Morgan fingerprint density at radius 3 is 0.818 bits per heavy atom. The smallest absolute Gasteiger partial charge is 0.462 e. The lowest BCUT2D eigenvalue weighted by Gasteiger charge is -2.21. The molecule has 0 fully saturated rings. The SMILES string of the molecule is CC/C=C\C/C=C\C/C=C\C/C=C\C/C=C\C/C=C\CCC(=O)OCC(COP(=O)(O)OCC(O)COP(=O)(O)OCC(COC(=O)CCCCCC/C=C\C/C=C\C/C=C\C/C=C\CC)OC(=O)C/C=C\C/C=C\C/C=C\C/C=C\C/C=C\CC)OC(=O)CCCCC/C=C\C/C=C\C/C=C\C/C=C\C/C=C\CC. The molecule has 0 aliphatic heterocycles. The van der Waals surface area contributed by atoms with Crippen molar-refractivity contribution in [2.75, 3.05) is 39.6 Å². The third-order valence-electron chi connectivity index (χ3n) is 15.3. The maximum absolute atomic E-state index is 13.1. The number of unbranched alkanes of at least 4 members (excludes halogenated alkanes) is 7. The van der Waals surface area contributed by atoms with Crippen LogP contribution in [0.15, 0.2) is 243 Å². The van der Waals surface area contributed by atoms with E-state index in [2.05, 4.69) is 228 Å². The van der Waals surface area contributed by atoms with Crippen molar-refractivity contribution >= 4 is 39.5 Å². The second-order valence-electron chi connectivity index (χ2n) is 25.5. The molecule has 0 amide bonds. The summed E-state index contributed by atoms with van der Waals surface area (Å²) in [5, 5.41) is 10.7. The van der Waals surface area contributed by atoms with Crippen molar-refractivity contribution in [3.8, 4) is 0 Å². The molecule has 5 unspecified atom stereocenters. The number of phosphoric ester groups is 2. The molecule has 0 spiro atoms. The fourth-order valence-corrected chi connectivity index (χ4v) is 11.0. The van der Waals surface area contributed by atoms with E-state index >= 15 is 0 Å². The Kier molecular flexibility index (Phi) is 74.7. The van der Waals surface area contributed by atoms with Crippen LogP contribution in [-0.2, 0) is 65.4 Å². The predicted molar refractivity (Wildman–Crippen MR) is 454 cm³/mol. The van der Waals surface area contributed by atoms with E-state index in [9.17, 15) is 43.2 Å². The number of aliphatic hydroxyl groups is 1. The molecule has 0 aliphatic carbocycles. The fraction of sp³-hybridized carbons (Fsp3) is 0.516. The second kappa shape index (κ2) is 79.9. The molecule has 614 valence electrons. The van der Waals surface area contributed by atoms with Crippen LogP contribution < -0.4 is 0 Å². The van der Waals surface area contributed by atoms with Crippen LogP contribution in [0.2, 0.25) is 0 Å². The zero-order chi connectivity index (χ0) is 80.3. The first-order valence-corrected chi connectivity index (χ1v) is 43.3. The van der Waals surface area contributed by atoms with Crippen LogP contribution in [0.4, 0.5) is 0 Å². The van der Waals surface area contributed by atoms with E-state index in [-0.39, 0.29) is 25.7 Å². The molecule has 0 aromatic rings. The number of carbonyl (C=O) groups is 4. The predicted octanol–water partition coefficient (Wildman–Crippen LogP) is 24.0. The molecule has 0 radical (unpaired) electrons. The van der Waals surface area contributed by atoms with Crippen molar-refractivity contribution in [3.05, 3.63) is 243 Å². The van der Waals surface area contributed by atoms with Crippen LogP contribution in [0.25, 0.3) is 0 Å². The van der Waals surface area contributed by atoms with E-state index in [0.29, 0.717) is 32.1 Å². The van der Waals surface area contributed by atoms with Gasteiger partial charge in [0.25, 0.3) is 0 Å². The van der Waals surface area contributed by atoms with Crippen LogP contribution >= 0.6 is 15.6 Å². The zero-order valence-corrected chi connectivity index (χ0v) is 68.9. The van der Waals surface area contributed by atoms with Gasteiger partial charge >= 0.3 is 39.5 Å². The monoisotopic (exact) mass is 1560 g/mol. The summed E-state index contributed by atoms with van der Waals surface area (Å²) in [6.07, 6.45) is 105. The van der Waals surface area contributed by atoms with Crippen LogP contribution in [0.1, 0.15) is 246 Å². The van der Waals surface area contributed by atoms with Gasteiger partial charge in [0.2, 0.25) is 0 Å². The highest BCUT2D eigenvalue weighted by molar-refractivity contribution is 7.47. The molecule has 0 aromatic heterocycles. The molecule has 17 nitrogen and oxygen atoms in total. The van der Waals surface area contributed by atoms with Crippen LogP contribution in [0, 0.1) is 0 Å². The van der Waals surface area contributed by atoms with E-state index in [4.69, 9.17) is 37.0 Å². The second-order valence-corrected chi connectivity index (χ2v) is 28.4. The van der Waals surface area contributed by atoms with Crippen molar-refractivity contribution in [3.63, 3.8) is 0 Å². The van der Waals surface area contributed by atoms with Gasteiger partial charge in [0.05, 0.1) is 32.8 Å². The fourth-order valence-electron chi connectivity index (χ4n) is 9.40.